The quantitative estimate of drug-likeness (QED) is 0.854. The highest BCUT2D eigenvalue weighted by Gasteiger charge is 2.51. The summed E-state index contributed by atoms with van der Waals surface area (Å²) in [7, 11) is 0. The Morgan fingerprint density at radius 1 is 1.24 bits per heavy atom. The molecule has 1 saturated carbocycles. The van der Waals surface area contributed by atoms with Crippen molar-refractivity contribution in [2.45, 2.75) is 32.8 Å². The van der Waals surface area contributed by atoms with Gasteiger partial charge in [0, 0.05) is 0 Å². The molecular formula is C14H20O3. The van der Waals surface area contributed by atoms with E-state index >= 15 is 0 Å². The molecule has 0 saturated heterocycles. The lowest BCUT2D eigenvalue weighted by atomic mass is 10.1. The molecule has 1 aliphatic rings. The molecule has 3 nitrogen and oxygen atoms in total. The first-order chi connectivity index (χ1) is 8.11. The third-order valence-corrected chi connectivity index (χ3v) is 3.32. The van der Waals surface area contributed by atoms with Gasteiger partial charge in [-0.25, -0.2) is 0 Å². The molecule has 0 amide bonds. The summed E-state index contributed by atoms with van der Waals surface area (Å²) in [5.41, 5.74) is 0.272. The molecule has 1 N–H and O–H groups in total. The summed E-state index contributed by atoms with van der Waals surface area (Å²) in [5.74, 6) is 1.80. The van der Waals surface area contributed by atoms with E-state index in [1.165, 1.54) is 0 Å². The fourth-order valence-electron chi connectivity index (χ4n) is 2.13. The van der Waals surface area contributed by atoms with Crippen LogP contribution in [0.15, 0.2) is 18.2 Å². The summed E-state index contributed by atoms with van der Waals surface area (Å²) in [6.45, 7) is 7.14. The Bertz CT molecular complexity index is 402. The van der Waals surface area contributed by atoms with E-state index in [9.17, 15) is 5.11 Å². The summed E-state index contributed by atoms with van der Waals surface area (Å²) in [4.78, 5) is 0. The summed E-state index contributed by atoms with van der Waals surface area (Å²) in [6.07, 6.45) is 0.826. The first-order valence-electron chi connectivity index (χ1n) is 6.24. The van der Waals surface area contributed by atoms with Crippen LogP contribution >= 0.6 is 0 Å². The molecule has 0 aliphatic heterocycles. The van der Waals surface area contributed by atoms with Crippen LogP contribution in [0.5, 0.6) is 11.5 Å². The molecule has 94 valence electrons. The molecule has 17 heavy (non-hydrogen) atoms. The van der Waals surface area contributed by atoms with Crippen LogP contribution in [0.25, 0.3) is 0 Å². The predicted molar refractivity (Wildman–Crippen MR) is 66.5 cm³/mol. The first-order valence-corrected chi connectivity index (χ1v) is 6.24. The van der Waals surface area contributed by atoms with Crippen LogP contribution in [-0.2, 0) is 5.60 Å². The van der Waals surface area contributed by atoms with Crippen molar-refractivity contribution in [3.05, 3.63) is 23.8 Å². The lowest BCUT2D eigenvalue weighted by Gasteiger charge is -2.15. The summed E-state index contributed by atoms with van der Waals surface area (Å²) >= 11 is 0. The SMILES string of the molecule is CCOc1ccc(C2(O)CC2C)cc1OCC. The average Bonchev–Trinajstić information content (AvgIpc) is 2.91. The minimum atomic E-state index is -0.656. The lowest BCUT2D eigenvalue weighted by molar-refractivity contribution is 0.134. The van der Waals surface area contributed by atoms with Gasteiger partial charge in [-0.15, -0.1) is 0 Å². The second-order valence-corrected chi connectivity index (χ2v) is 4.56. The van der Waals surface area contributed by atoms with Crippen molar-refractivity contribution in [2.24, 2.45) is 5.92 Å². The molecule has 0 radical (unpaired) electrons. The van der Waals surface area contributed by atoms with E-state index in [1.54, 1.807) is 0 Å². The first kappa shape index (κ1) is 12.2. The standard InChI is InChI=1S/C14H20O3/c1-4-16-12-7-6-11(8-13(12)17-5-2)14(15)9-10(14)3/h6-8,10,15H,4-5,9H2,1-3H3. The Balaban J connectivity index is 2.29. The third kappa shape index (κ3) is 2.25. The maximum absolute atomic E-state index is 10.3. The molecule has 0 heterocycles. The Hall–Kier alpha value is -1.22. The number of rotatable bonds is 5. The van der Waals surface area contributed by atoms with Gasteiger partial charge in [-0.3, -0.25) is 0 Å². The van der Waals surface area contributed by atoms with Gasteiger partial charge in [-0.2, -0.15) is 0 Å². The minimum absolute atomic E-state index is 0.329. The molecule has 2 atom stereocenters. The second-order valence-electron chi connectivity index (χ2n) is 4.56. The molecule has 0 spiro atoms. The van der Waals surface area contributed by atoms with E-state index in [-0.39, 0.29) is 0 Å². The molecule has 2 unspecified atom stereocenters. The van der Waals surface area contributed by atoms with Gasteiger partial charge >= 0.3 is 0 Å². The summed E-state index contributed by atoms with van der Waals surface area (Å²) in [6, 6.07) is 5.71. The third-order valence-electron chi connectivity index (χ3n) is 3.32. The lowest BCUT2D eigenvalue weighted by Crippen LogP contribution is -2.08. The molecule has 3 heteroatoms. The van der Waals surface area contributed by atoms with Crippen molar-refractivity contribution in [3.63, 3.8) is 0 Å². The van der Waals surface area contributed by atoms with Crippen molar-refractivity contribution < 1.29 is 14.6 Å². The van der Waals surface area contributed by atoms with Crippen LogP contribution in [0.1, 0.15) is 32.8 Å². The zero-order valence-corrected chi connectivity index (χ0v) is 10.7. The van der Waals surface area contributed by atoms with Crippen molar-refractivity contribution in [2.75, 3.05) is 13.2 Å². The van der Waals surface area contributed by atoms with Crippen molar-refractivity contribution in [3.8, 4) is 11.5 Å². The molecule has 2 rings (SSSR count). The van der Waals surface area contributed by atoms with Crippen LogP contribution in [0.2, 0.25) is 0 Å². The van der Waals surface area contributed by atoms with Gasteiger partial charge in [0.1, 0.15) is 0 Å². The van der Waals surface area contributed by atoms with E-state index in [0.717, 1.165) is 23.5 Å². The van der Waals surface area contributed by atoms with Gasteiger partial charge in [0.25, 0.3) is 0 Å². The maximum Gasteiger partial charge on any atom is 0.161 e. The summed E-state index contributed by atoms with van der Waals surface area (Å²) in [5, 5.41) is 10.3. The van der Waals surface area contributed by atoms with E-state index in [0.29, 0.717) is 19.1 Å². The van der Waals surface area contributed by atoms with Crippen LogP contribution in [0.4, 0.5) is 0 Å². The van der Waals surface area contributed by atoms with Crippen molar-refractivity contribution in [1.29, 1.82) is 0 Å². The van der Waals surface area contributed by atoms with Gasteiger partial charge < -0.3 is 14.6 Å². The monoisotopic (exact) mass is 236 g/mol. The topological polar surface area (TPSA) is 38.7 Å². The molecule has 0 aromatic heterocycles. The molecular weight excluding hydrogens is 216 g/mol. The van der Waals surface area contributed by atoms with E-state index in [4.69, 9.17) is 9.47 Å². The van der Waals surface area contributed by atoms with Crippen LogP contribution in [0, 0.1) is 5.92 Å². The number of hydrogen-bond acceptors (Lipinski definition) is 3. The van der Waals surface area contributed by atoms with Crippen LogP contribution in [0.3, 0.4) is 0 Å². The van der Waals surface area contributed by atoms with Crippen molar-refractivity contribution in [1.82, 2.24) is 0 Å². The fraction of sp³-hybridized carbons (Fsp3) is 0.571. The predicted octanol–water partition coefficient (Wildman–Crippen LogP) is 2.71. The molecule has 1 aromatic carbocycles. The van der Waals surface area contributed by atoms with Gasteiger partial charge in [0.15, 0.2) is 11.5 Å². The zero-order chi connectivity index (χ0) is 12.5. The maximum atomic E-state index is 10.3. The van der Waals surface area contributed by atoms with Gasteiger partial charge in [0.2, 0.25) is 0 Å². The highest BCUT2D eigenvalue weighted by molar-refractivity contribution is 5.46. The Kier molecular flexibility index (Phi) is 3.29. The normalized spacial score (nSPS) is 26.7. The molecule has 1 aromatic rings. The van der Waals surface area contributed by atoms with Gasteiger partial charge in [-0.05, 0) is 43.9 Å². The van der Waals surface area contributed by atoms with Crippen LogP contribution in [-0.4, -0.2) is 18.3 Å². The van der Waals surface area contributed by atoms with E-state index in [1.807, 2.05) is 32.0 Å². The number of hydrogen-bond donors (Lipinski definition) is 1. The number of aliphatic hydroxyl groups is 1. The van der Waals surface area contributed by atoms with Gasteiger partial charge in [-0.1, -0.05) is 13.0 Å². The Morgan fingerprint density at radius 2 is 1.82 bits per heavy atom. The minimum Gasteiger partial charge on any atom is -0.490 e. The van der Waals surface area contributed by atoms with E-state index < -0.39 is 5.60 Å². The molecule has 1 aliphatic carbocycles. The Morgan fingerprint density at radius 3 is 2.35 bits per heavy atom. The van der Waals surface area contributed by atoms with Crippen LogP contribution < -0.4 is 9.47 Å². The van der Waals surface area contributed by atoms with E-state index in [2.05, 4.69) is 6.92 Å². The molecule has 0 bridgehead atoms. The number of benzene rings is 1. The highest BCUT2D eigenvalue weighted by Crippen LogP contribution is 2.52. The highest BCUT2D eigenvalue weighted by atomic mass is 16.5. The second kappa shape index (κ2) is 4.57. The summed E-state index contributed by atoms with van der Waals surface area (Å²) < 4.78 is 11.1. The Labute approximate surface area is 102 Å². The zero-order valence-electron chi connectivity index (χ0n) is 10.7. The average molecular weight is 236 g/mol. The largest absolute Gasteiger partial charge is 0.490 e. The number of ether oxygens (including phenoxy) is 2. The van der Waals surface area contributed by atoms with Crippen molar-refractivity contribution >= 4 is 0 Å². The fourth-order valence-corrected chi connectivity index (χ4v) is 2.13. The molecule has 1 fully saturated rings. The van der Waals surface area contributed by atoms with Gasteiger partial charge in [0.05, 0.1) is 18.8 Å². The smallest absolute Gasteiger partial charge is 0.161 e.